The van der Waals surface area contributed by atoms with E-state index in [0.29, 0.717) is 5.69 Å². The molecular formula is C20H20BrN3O. The number of nitriles is 1. The average molecular weight is 398 g/mol. The molecule has 5 heteroatoms. The van der Waals surface area contributed by atoms with Crippen molar-refractivity contribution in [2.24, 2.45) is 0 Å². The lowest BCUT2D eigenvalue weighted by Crippen LogP contribution is -2.13. The molecule has 0 saturated heterocycles. The monoisotopic (exact) mass is 397 g/mol. The Morgan fingerprint density at radius 2 is 1.88 bits per heavy atom. The van der Waals surface area contributed by atoms with Crippen LogP contribution in [0, 0.1) is 25.2 Å². The zero-order valence-electron chi connectivity index (χ0n) is 14.7. The summed E-state index contributed by atoms with van der Waals surface area (Å²) in [6, 6.07) is 13.3. The van der Waals surface area contributed by atoms with Crippen molar-refractivity contribution in [3.8, 4) is 6.07 Å². The molecule has 2 aromatic carbocycles. The number of amides is 1. The van der Waals surface area contributed by atoms with Gasteiger partial charge in [0.05, 0.1) is 5.69 Å². The van der Waals surface area contributed by atoms with Crippen LogP contribution in [-0.2, 0) is 4.79 Å². The van der Waals surface area contributed by atoms with Crippen LogP contribution in [0.25, 0.3) is 6.08 Å². The Labute approximate surface area is 156 Å². The molecule has 0 atom stereocenters. The van der Waals surface area contributed by atoms with E-state index in [1.807, 2.05) is 75.3 Å². The normalized spacial score (nSPS) is 11.0. The van der Waals surface area contributed by atoms with Crippen LogP contribution >= 0.6 is 15.9 Å². The van der Waals surface area contributed by atoms with Crippen LogP contribution < -0.4 is 10.2 Å². The summed E-state index contributed by atoms with van der Waals surface area (Å²) in [6.07, 6.45) is 1.58. The van der Waals surface area contributed by atoms with Crippen molar-refractivity contribution in [2.75, 3.05) is 24.3 Å². The summed E-state index contributed by atoms with van der Waals surface area (Å²) < 4.78 is 0.901. The minimum Gasteiger partial charge on any atom is -0.377 e. The van der Waals surface area contributed by atoms with Crippen molar-refractivity contribution in [2.45, 2.75) is 13.8 Å². The van der Waals surface area contributed by atoms with Crippen LogP contribution in [0.4, 0.5) is 11.4 Å². The molecule has 0 heterocycles. The topological polar surface area (TPSA) is 56.1 Å². The number of benzene rings is 2. The zero-order valence-corrected chi connectivity index (χ0v) is 16.3. The van der Waals surface area contributed by atoms with Crippen molar-refractivity contribution in [3.05, 3.63) is 63.1 Å². The molecule has 0 saturated carbocycles. The molecule has 0 aliphatic carbocycles. The second-order valence-electron chi connectivity index (χ2n) is 6.03. The Morgan fingerprint density at radius 3 is 2.44 bits per heavy atom. The maximum atomic E-state index is 12.4. The maximum Gasteiger partial charge on any atom is 0.266 e. The Morgan fingerprint density at radius 1 is 1.16 bits per heavy atom. The van der Waals surface area contributed by atoms with E-state index in [4.69, 9.17) is 0 Å². The van der Waals surface area contributed by atoms with Gasteiger partial charge in [-0.2, -0.15) is 5.26 Å². The molecule has 0 unspecified atom stereocenters. The van der Waals surface area contributed by atoms with Crippen molar-refractivity contribution in [3.63, 3.8) is 0 Å². The van der Waals surface area contributed by atoms with Gasteiger partial charge in [0.15, 0.2) is 0 Å². The molecule has 0 aliphatic rings. The van der Waals surface area contributed by atoms with E-state index in [9.17, 15) is 10.1 Å². The number of aryl methyl sites for hydroxylation is 2. The van der Waals surface area contributed by atoms with Crippen LogP contribution in [0.5, 0.6) is 0 Å². The quantitative estimate of drug-likeness (QED) is 0.601. The molecule has 0 aliphatic heterocycles. The number of carbonyl (C=O) groups is 1. The number of hydrogen-bond acceptors (Lipinski definition) is 3. The predicted octanol–water partition coefficient (Wildman–Crippen LogP) is 4.68. The van der Waals surface area contributed by atoms with Crippen LogP contribution in [0.1, 0.15) is 16.7 Å². The maximum absolute atomic E-state index is 12.4. The van der Waals surface area contributed by atoms with E-state index in [1.54, 1.807) is 6.08 Å². The zero-order chi connectivity index (χ0) is 18.6. The van der Waals surface area contributed by atoms with Gasteiger partial charge in [0.1, 0.15) is 11.6 Å². The third-order valence-corrected chi connectivity index (χ3v) is 4.53. The van der Waals surface area contributed by atoms with Gasteiger partial charge in [-0.3, -0.25) is 4.79 Å². The predicted molar refractivity (Wildman–Crippen MR) is 107 cm³/mol. The summed E-state index contributed by atoms with van der Waals surface area (Å²) in [5.74, 6) is -0.418. The third kappa shape index (κ3) is 4.71. The van der Waals surface area contributed by atoms with Gasteiger partial charge in [0.2, 0.25) is 0 Å². The van der Waals surface area contributed by atoms with Gasteiger partial charge < -0.3 is 10.2 Å². The fraction of sp³-hybridized carbons (Fsp3) is 0.200. The number of anilines is 2. The summed E-state index contributed by atoms with van der Waals surface area (Å²) in [6.45, 7) is 3.99. The Bertz CT molecular complexity index is 879. The highest BCUT2D eigenvalue weighted by Gasteiger charge is 2.11. The van der Waals surface area contributed by atoms with Crippen molar-refractivity contribution < 1.29 is 4.79 Å². The first-order valence-corrected chi connectivity index (χ1v) is 8.58. The third-order valence-electron chi connectivity index (χ3n) is 3.89. The number of halogens is 1. The van der Waals surface area contributed by atoms with E-state index in [0.717, 1.165) is 26.9 Å². The molecule has 0 aromatic heterocycles. The van der Waals surface area contributed by atoms with Crippen molar-refractivity contribution in [1.82, 2.24) is 0 Å². The van der Waals surface area contributed by atoms with Gasteiger partial charge in [-0.25, -0.2) is 0 Å². The van der Waals surface area contributed by atoms with E-state index in [2.05, 4.69) is 21.2 Å². The minimum absolute atomic E-state index is 0.0581. The van der Waals surface area contributed by atoms with Crippen molar-refractivity contribution in [1.29, 1.82) is 5.26 Å². The molecule has 0 radical (unpaired) electrons. The molecule has 2 aromatic rings. The van der Waals surface area contributed by atoms with Crippen LogP contribution in [0.3, 0.4) is 0 Å². The molecule has 1 amide bonds. The first-order valence-electron chi connectivity index (χ1n) is 7.79. The summed E-state index contributed by atoms with van der Waals surface area (Å²) >= 11 is 3.51. The standard InChI is InChI=1S/C20H20BrN3O/c1-13-5-7-17(9-14(13)2)23-20(25)16(12-22)10-15-6-8-19(24(3)4)18(21)11-15/h5-11H,1-4H3,(H,23,25). The van der Waals surface area contributed by atoms with Crippen LogP contribution in [0.15, 0.2) is 46.4 Å². The highest BCUT2D eigenvalue weighted by atomic mass is 79.9. The number of hydrogen-bond donors (Lipinski definition) is 1. The SMILES string of the molecule is Cc1ccc(NC(=O)C(C#N)=Cc2ccc(N(C)C)c(Br)c2)cc1C. The molecule has 0 fully saturated rings. The Hall–Kier alpha value is -2.58. The van der Waals surface area contributed by atoms with E-state index in [-0.39, 0.29) is 5.57 Å². The highest BCUT2D eigenvalue weighted by Crippen LogP contribution is 2.26. The largest absolute Gasteiger partial charge is 0.377 e. The number of nitrogens with zero attached hydrogens (tertiary/aromatic N) is 2. The van der Waals surface area contributed by atoms with E-state index in [1.165, 1.54) is 0 Å². The van der Waals surface area contributed by atoms with Crippen LogP contribution in [-0.4, -0.2) is 20.0 Å². The molecule has 2 rings (SSSR count). The van der Waals surface area contributed by atoms with E-state index >= 15 is 0 Å². The van der Waals surface area contributed by atoms with Gasteiger partial charge in [0.25, 0.3) is 5.91 Å². The molecule has 0 bridgehead atoms. The second kappa shape index (κ2) is 8.00. The Kier molecular flexibility index (Phi) is 6.00. The van der Waals surface area contributed by atoms with Gasteiger partial charge in [-0.05, 0) is 76.8 Å². The second-order valence-corrected chi connectivity index (χ2v) is 6.88. The fourth-order valence-corrected chi connectivity index (χ4v) is 3.06. The smallest absolute Gasteiger partial charge is 0.266 e. The first kappa shape index (κ1) is 18.8. The van der Waals surface area contributed by atoms with Crippen LogP contribution in [0.2, 0.25) is 0 Å². The number of rotatable bonds is 4. The van der Waals surface area contributed by atoms with Gasteiger partial charge >= 0.3 is 0 Å². The van der Waals surface area contributed by atoms with Gasteiger partial charge in [0, 0.05) is 24.3 Å². The molecule has 4 nitrogen and oxygen atoms in total. The van der Waals surface area contributed by atoms with Gasteiger partial charge in [-0.15, -0.1) is 0 Å². The number of carbonyl (C=O) groups excluding carboxylic acids is 1. The molecule has 1 N–H and O–H groups in total. The summed E-state index contributed by atoms with van der Waals surface area (Å²) in [5, 5.41) is 12.1. The lowest BCUT2D eigenvalue weighted by atomic mass is 10.1. The minimum atomic E-state index is -0.418. The van der Waals surface area contributed by atoms with E-state index < -0.39 is 5.91 Å². The number of nitrogens with one attached hydrogen (secondary N) is 1. The lowest BCUT2D eigenvalue weighted by Gasteiger charge is -2.14. The summed E-state index contributed by atoms with van der Waals surface area (Å²) in [4.78, 5) is 14.4. The summed E-state index contributed by atoms with van der Waals surface area (Å²) in [5.41, 5.74) is 4.78. The fourth-order valence-electron chi connectivity index (χ4n) is 2.31. The molecule has 25 heavy (non-hydrogen) atoms. The Balaban J connectivity index is 2.24. The first-order chi connectivity index (χ1) is 11.8. The van der Waals surface area contributed by atoms with Gasteiger partial charge in [-0.1, -0.05) is 12.1 Å². The summed E-state index contributed by atoms with van der Waals surface area (Å²) in [7, 11) is 3.90. The lowest BCUT2D eigenvalue weighted by molar-refractivity contribution is -0.112. The average Bonchev–Trinajstić information content (AvgIpc) is 2.55. The highest BCUT2D eigenvalue weighted by molar-refractivity contribution is 9.10. The molecule has 128 valence electrons. The molecule has 0 spiro atoms. The molecular weight excluding hydrogens is 378 g/mol. The van der Waals surface area contributed by atoms with Crippen molar-refractivity contribution >= 4 is 39.3 Å².